The topological polar surface area (TPSA) is 67.4 Å². The summed E-state index contributed by atoms with van der Waals surface area (Å²) in [4.78, 5) is 25.8. The molecule has 4 rings (SSSR count). The third-order valence-corrected chi connectivity index (χ3v) is 6.24. The van der Waals surface area contributed by atoms with Crippen LogP contribution in [0.2, 0.25) is 5.02 Å². The normalized spacial score (nSPS) is 14.6. The highest BCUT2D eigenvalue weighted by Crippen LogP contribution is 2.36. The Kier molecular flexibility index (Phi) is 6.26. The molecule has 1 aliphatic heterocycles. The average molecular weight is 439 g/mol. The molecule has 0 radical (unpaired) electrons. The Balaban J connectivity index is 1.25. The number of fused-ring (bicyclic) bond motifs is 1. The predicted molar refractivity (Wildman–Crippen MR) is 118 cm³/mol. The maximum Gasteiger partial charge on any atom is 0.269 e. The largest absolute Gasteiger partial charge is 0.489 e. The Bertz CT molecular complexity index is 1030. The van der Waals surface area contributed by atoms with Crippen LogP contribution in [-0.4, -0.2) is 17.1 Å². The second-order valence-electron chi connectivity index (χ2n) is 6.80. The van der Waals surface area contributed by atoms with Crippen molar-refractivity contribution in [2.24, 2.45) is 0 Å². The fraction of sp³-hybridized carbons (Fsp3) is 0.130. The molecule has 2 amide bonds. The quantitative estimate of drug-likeness (QED) is 0.579. The Morgan fingerprint density at radius 2 is 1.70 bits per heavy atom. The SMILES string of the molecule is O=C(NNC(=O)C1Cc2ccccc2S1)c1ccc(COc2ccc(Cl)cc2)cc1. The zero-order valence-electron chi connectivity index (χ0n) is 15.9. The summed E-state index contributed by atoms with van der Waals surface area (Å²) in [6.07, 6.45) is 0.658. The molecule has 0 aliphatic carbocycles. The van der Waals surface area contributed by atoms with Crippen LogP contribution in [0.3, 0.4) is 0 Å². The van der Waals surface area contributed by atoms with Gasteiger partial charge in [-0.25, -0.2) is 0 Å². The van der Waals surface area contributed by atoms with Gasteiger partial charge < -0.3 is 4.74 Å². The van der Waals surface area contributed by atoms with E-state index in [-0.39, 0.29) is 17.1 Å². The fourth-order valence-electron chi connectivity index (χ4n) is 3.05. The van der Waals surface area contributed by atoms with Gasteiger partial charge in [0.2, 0.25) is 0 Å². The highest BCUT2D eigenvalue weighted by atomic mass is 35.5. The summed E-state index contributed by atoms with van der Waals surface area (Å²) < 4.78 is 5.69. The third-order valence-electron chi connectivity index (χ3n) is 4.67. The Morgan fingerprint density at radius 1 is 0.967 bits per heavy atom. The minimum Gasteiger partial charge on any atom is -0.489 e. The summed E-state index contributed by atoms with van der Waals surface area (Å²) in [5.74, 6) is 0.141. The number of halogens is 1. The van der Waals surface area contributed by atoms with Gasteiger partial charge in [-0.15, -0.1) is 11.8 Å². The van der Waals surface area contributed by atoms with Crippen molar-refractivity contribution in [1.29, 1.82) is 0 Å². The van der Waals surface area contributed by atoms with Crippen LogP contribution >= 0.6 is 23.4 Å². The van der Waals surface area contributed by atoms with Crippen LogP contribution in [0, 0.1) is 0 Å². The van der Waals surface area contributed by atoms with E-state index < -0.39 is 0 Å². The van der Waals surface area contributed by atoms with E-state index in [0.29, 0.717) is 23.6 Å². The molecule has 0 fully saturated rings. The van der Waals surface area contributed by atoms with Gasteiger partial charge in [-0.2, -0.15) is 0 Å². The van der Waals surface area contributed by atoms with E-state index in [9.17, 15) is 9.59 Å². The fourth-order valence-corrected chi connectivity index (χ4v) is 4.37. The number of hydrazine groups is 1. The van der Waals surface area contributed by atoms with Gasteiger partial charge >= 0.3 is 0 Å². The molecule has 1 aliphatic rings. The van der Waals surface area contributed by atoms with Crippen LogP contribution in [0.1, 0.15) is 21.5 Å². The van der Waals surface area contributed by atoms with Crippen LogP contribution in [-0.2, 0) is 17.8 Å². The maximum atomic E-state index is 12.4. The first-order chi connectivity index (χ1) is 14.6. The van der Waals surface area contributed by atoms with E-state index in [2.05, 4.69) is 10.9 Å². The molecule has 0 aromatic heterocycles. The molecule has 0 saturated carbocycles. The van der Waals surface area contributed by atoms with Crippen molar-refractivity contribution in [1.82, 2.24) is 10.9 Å². The molecule has 1 atom stereocenters. The lowest BCUT2D eigenvalue weighted by Gasteiger charge is -2.11. The molecule has 0 bridgehead atoms. The van der Waals surface area contributed by atoms with Crippen molar-refractivity contribution in [3.8, 4) is 5.75 Å². The lowest BCUT2D eigenvalue weighted by Crippen LogP contribution is -2.45. The maximum absolute atomic E-state index is 12.4. The van der Waals surface area contributed by atoms with Gasteiger partial charge in [-0.05, 0) is 60.0 Å². The van der Waals surface area contributed by atoms with Gasteiger partial charge in [0.05, 0.1) is 5.25 Å². The molecule has 152 valence electrons. The van der Waals surface area contributed by atoms with Gasteiger partial charge in [0.25, 0.3) is 11.8 Å². The molecule has 3 aromatic carbocycles. The van der Waals surface area contributed by atoms with Crippen molar-refractivity contribution in [2.45, 2.75) is 23.2 Å². The van der Waals surface area contributed by atoms with E-state index >= 15 is 0 Å². The van der Waals surface area contributed by atoms with Crippen LogP contribution in [0.4, 0.5) is 0 Å². The zero-order chi connectivity index (χ0) is 20.9. The number of carbonyl (C=O) groups is 2. The Labute approximate surface area is 183 Å². The summed E-state index contributed by atoms with van der Waals surface area (Å²) in [6.45, 7) is 0.375. The van der Waals surface area contributed by atoms with Crippen molar-refractivity contribution in [3.05, 3.63) is 94.5 Å². The second kappa shape index (κ2) is 9.24. The first-order valence-electron chi connectivity index (χ1n) is 9.40. The molecule has 5 nitrogen and oxygen atoms in total. The van der Waals surface area contributed by atoms with Crippen molar-refractivity contribution in [3.63, 3.8) is 0 Å². The van der Waals surface area contributed by atoms with E-state index in [0.717, 1.165) is 21.8 Å². The number of rotatable bonds is 5. The molecule has 3 aromatic rings. The smallest absolute Gasteiger partial charge is 0.269 e. The number of nitrogens with one attached hydrogen (secondary N) is 2. The zero-order valence-corrected chi connectivity index (χ0v) is 17.5. The van der Waals surface area contributed by atoms with Crippen LogP contribution in [0.15, 0.2) is 77.7 Å². The van der Waals surface area contributed by atoms with Crippen molar-refractivity contribution >= 4 is 35.2 Å². The highest BCUT2D eigenvalue weighted by Gasteiger charge is 2.28. The van der Waals surface area contributed by atoms with Gasteiger partial charge in [0.1, 0.15) is 12.4 Å². The lowest BCUT2D eigenvalue weighted by atomic mass is 10.1. The molecule has 0 spiro atoms. The molecule has 1 unspecified atom stereocenters. The molecular weight excluding hydrogens is 420 g/mol. The number of amides is 2. The monoisotopic (exact) mass is 438 g/mol. The van der Waals surface area contributed by atoms with E-state index in [1.54, 1.807) is 36.4 Å². The van der Waals surface area contributed by atoms with Crippen LogP contribution < -0.4 is 15.6 Å². The summed E-state index contributed by atoms with van der Waals surface area (Å²) in [5, 5.41) is 0.413. The molecule has 0 saturated heterocycles. The minimum absolute atomic E-state index is 0.211. The van der Waals surface area contributed by atoms with Gasteiger partial charge in [0, 0.05) is 15.5 Å². The first-order valence-corrected chi connectivity index (χ1v) is 10.7. The van der Waals surface area contributed by atoms with E-state index in [4.69, 9.17) is 16.3 Å². The second-order valence-corrected chi connectivity index (χ2v) is 8.48. The lowest BCUT2D eigenvalue weighted by molar-refractivity contribution is -0.121. The summed E-state index contributed by atoms with van der Waals surface area (Å²) in [6, 6.07) is 22.1. The highest BCUT2D eigenvalue weighted by molar-refractivity contribution is 8.01. The average Bonchev–Trinajstić information content (AvgIpc) is 3.22. The Morgan fingerprint density at radius 3 is 2.43 bits per heavy atom. The van der Waals surface area contributed by atoms with Crippen molar-refractivity contribution in [2.75, 3.05) is 0 Å². The van der Waals surface area contributed by atoms with Gasteiger partial charge in [-0.3, -0.25) is 20.4 Å². The molecule has 2 N–H and O–H groups in total. The third kappa shape index (κ3) is 4.96. The minimum atomic E-state index is -0.367. The predicted octanol–water partition coefficient (Wildman–Crippen LogP) is 4.40. The summed E-state index contributed by atoms with van der Waals surface area (Å²) in [7, 11) is 0. The first kappa shape index (κ1) is 20.3. The summed E-state index contributed by atoms with van der Waals surface area (Å²) in [5.41, 5.74) is 7.55. The molecule has 30 heavy (non-hydrogen) atoms. The number of hydrogen-bond acceptors (Lipinski definition) is 4. The standard InChI is InChI=1S/C23H19ClN2O3S/c24-18-9-11-19(12-10-18)29-14-15-5-7-16(8-6-15)22(27)25-26-23(28)21-13-17-3-1-2-4-20(17)30-21/h1-12,21H,13-14H2,(H,25,27)(H,26,28). The van der Waals surface area contributed by atoms with Crippen LogP contribution in [0.5, 0.6) is 5.75 Å². The number of carbonyl (C=O) groups excluding carboxylic acids is 2. The molecular formula is C23H19ClN2O3S. The molecule has 7 heteroatoms. The Hall–Kier alpha value is -2.96. The number of ether oxygens (including phenoxy) is 1. The number of benzene rings is 3. The van der Waals surface area contributed by atoms with Gasteiger partial charge in [0.15, 0.2) is 0 Å². The summed E-state index contributed by atoms with van der Waals surface area (Å²) >= 11 is 7.37. The van der Waals surface area contributed by atoms with Crippen molar-refractivity contribution < 1.29 is 14.3 Å². The number of hydrogen-bond donors (Lipinski definition) is 2. The van der Waals surface area contributed by atoms with Gasteiger partial charge in [-0.1, -0.05) is 41.9 Å². The van der Waals surface area contributed by atoms with Crippen LogP contribution in [0.25, 0.3) is 0 Å². The van der Waals surface area contributed by atoms with E-state index in [1.807, 2.05) is 36.4 Å². The number of thioether (sulfide) groups is 1. The van der Waals surface area contributed by atoms with E-state index in [1.165, 1.54) is 11.8 Å². The molecule has 1 heterocycles.